The van der Waals surface area contributed by atoms with Crippen molar-refractivity contribution in [3.63, 3.8) is 0 Å². The van der Waals surface area contributed by atoms with Crippen LogP contribution in [-0.2, 0) is 4.74 Å². The van der Waals surface area contributed by atoms with Crippen LogP contribution in [0.15, 0.2) is 24.3 Å². The van der Waals surface area contributed by atoms with Crippen molar-refractivity contribution < 1.29 is 9.53 Å². The lowest BCUT2D eigenvalue weighted by atomic mass is 9.76. The van der Waals surface area contributed by atoms with Crippen molar-refractivity contribution in [3.05, 3.63) is 30.0 Å². The van der Waals surface area contributed by atoms with Crippen LogP contribution < -0.4 is 5.32 Å². The minimum absolute atomic E-state index is 0.0900. The van der Waals surface area contributed by atoms with E-state index in [4.69, 9.17) is 4.74 Å². The number of para-hydroxylation sites is 1. The van der Waals surface area contributed by atoms with Crippen LogP contribution in [0.4, 0.5) is 0 Å². The molecule has 19 heavy (non-hydrogen) atoms. The fraction of sp³-hybridized carbons (Fsp3) is 0.429. The topological polar surface area (TPSA) is 67.0 Å². The van der Waals surface area contributed by atoms with Crippen molar-refractivity contribution in [2.45, 2.75) is 25.0 Å². The molecule has 1 aromatic carbocycles. The van der Waals surface area contributed by atoms with E-state index in [0.29, 0.717) is 17.7 Å². The number of ether oxygens (including phenoxy) is 1. The summed E-state index contributed by atoms with van der Waals surface area (Å²) in [5, 5.41) is 11.0. The standard InChI is InChI=1S/C14H15N3O2/c18-14(15-11-7-12-8(11)5-6-19-12)13-9-3-1-2-4-10(9)16-17-13/h1-4,8,11-12H,5-7H2,(H,15,18)(H,16,17)/t8-,11+,12+/m1/s1. The molecule has 2 N–H and O–H groups in total. The summed E-state index contributed by atoms with van der Waals surface area (Å²) in [7, 11) is 0. The van der Waals surface area contributed by atoms with Crippen molar-refractivity contribution in [2.75, 3.05) is 6.61 Å². The van der Waals surface area contributed by atoms with Crippen LogP contribution in [0.25, 0.3) is 10.9 Å². The predicted octanol–water partition coefficient (Wildman–Crippen LogP) is 1.47. The van der Waals surface area contributed by atoms with Crippen molar-refractivity contribution >= 4 is 16.8 Å². The number of rotatable bonds is 2. The molecular weight excluding hydrogens is 242 g/mol. The molecule has 1 aliphatic heterocycles. The third kappa shape index (κ3) is 1.65. The third-order valence-corrected chi connectivity index (χ3v) is 4.27. The van der Waals surface area contributed by atoms with E-state index in [-0.39, 0.29) is 11.9 Å². The Bertz CT molecular complexity index is 636. The second-order valence-electron chi connectivity index (χ2n) is 5.30. The van der Waals surface area contributed by atoms with Crippen molar-refractivity contribution in [2.24, 2.45) is 5.92 Å². The molecule has 4 rings (SSSR count). The highest BCUT2D eigenvalue weighted by Gasteiger charge is 2.45. The molecule has 2 aromatic rings. The van der Waals surface area contributed by atoms with Crippen molar-refractivity contribution in [1.82, 2.24) is 15.5 Å². The maximum absolute atomic E-state index is 12.3. The van der Waals surface area contributed by atoms with Gasteiger partial charge in [0.2, 0.25) is 0 Å². The van der Waals surface area contributed by atoms with Gasteiger partial charge in [0, 0.05) is 24.0 Å². The lowest BCUT2D eigenvalue weighted by molar-refractivity contribution is 0.00805. The van der Waals surface area contributed by atoms with Crippen LogP contribution in [0, 0.1) is 5.92 Å². The van der Waals surface area contributed by atoms with Crippen LogP contribution in [-0.4, -0.2) is 34.9 Å². The van der Waals surface area contributed by atoms with Gasteiger partial charge in [0.05, 0.1) is 11.6 Å². The number of carbonyl (C=O) groups is 1. The molecule has 1 aliphatic carbocycles. The molecule has 1 saturated carbocycles. The van der Waals surface area contributed by atoms with E-state index in [1.54, 1.807) is 0 Å². The first-order valence-corrected chi connectivity index (χ1v) is 6.68. The predicted molar refractivity (Wildman–Crippen MR) is 69.8 cm³/mol. The summed E-state index contributed by atoms with van der Waals surface area (Å²) in [5.74, 6) is 0.405. The van der Waals surface area contributed by atoms with Crippen LogP contribution in [0.3, 0.4) is 0 Å². The number of carbonyl (C=O) groups excluding carboxylic acids is 1. The number of benzene rings is 1. The first-order valence-electron chi connectivity index (χ1n) is 6.68. The third-order valence-electron chi connectivity index (χ3n) is 4.27. The fourth-order valence-electron chi connectivity index (χ4n) is 3.14. The molecule has 0 unspecified atom stereocenters. The number of aromatic amines is 1. The summed E-state index contributed by atoms with van der Waals surface area (Å²) in [6, 6.07) is 7.92. The summed E-state index contributed by atoms with van der Waals surface area (Å²) < 4.78 is 5.55. The summed E-state index contributed by atoms with van der Waals surface area (Å²) in [6.07, 6.45) is 2.34. The van der Waals surface area contributed by atoms with Crippen molar-refractivity contribution in [1.29, 1.82) is 0 Å². The molecule has 2 aliphatic rings. The van der Waals surface area contributed by atoms with Gasteiger partial charge in [0.1, 0.15) is 0 Å². The Morgan fingerprint density at radius 3 is 3.21 bits per heavy atom. The molecule has 0 spiro atoms. The highest BCUT2D eigenvalue weighted by molar-refractivity contribution is 6.04. The first-order chi connectivity index (χ1) is 9.33. The Morgan fingerprint density at radius 2 is 2.32 bits per heavy atom. The molecule has 0 radical (unpaired) electrons. The molecule has 2 fully saturated rings. The molecule has 1 amide bonds. The number of H-pyrrole nitrogens is 1. The van der Waals surface area contributed by atoms with E-state index in [0.717, 1.165) is 30.4 Å². The smallest absolute Gasteiger partial charge is 0.272 e. The van der Waals surface area contributed by atoms with E-state index < -0.39 is 0 Å². The quantitative estimate of drug-likeness (QED) is 0.856. The molecule has 5 heteroatoms. The highest BCUT2D eigenvalue weighted by atomic mass is 16.5. The largest absolute Gasteiger partial charge is 0.378 e. The summed E-state index contributed by atoms with van der Waals surface area (Å²) in [5.41, 5.74) is 1.38. The van der Waals surface area contributed by atoms with Gasteiger partial charge in [-0.3, -0.25) is 9.89 Å². The molecule has 2 heterocycles. The zero-order chi connectivity index (χ0) is 12.8. The highest BCUT2D eigenvalue weighted by Crippen LogP contribution is 2.38. The minimum Gasteiger partial charge on any atom is -0.378 e. The van der Waals surface area contributed by atoms with Gasteiger partial charge in [0.15, 0.2) is 5.69 Å². The number of hydrogen-bond acceptors (Lipinski definition) is 3. The molecule has 5 nitrogen and oxygen atoms in total. The maximum Gasteiger partial charge on any atom is 0.272 e. The van der Waals surface area contributed by atoms with E-state index >= 15 is 0 Å². The van der Waals surface area contributed by atoms with Gasteiger partial charge < -0.3 is 10.1 Å². The van der Waals surface area contributed by atoms with Crippen LogP contribution in [0.5, 0.6) is 0 Å². The van der Waals surface area contributed by atoms with Crippen molar-refractivity contribution in [3.8, 4) is 0 Å². The average molecular weight is 257 g/mol. The van der Waals surface area contributed by atoms with Crippen LogP contribution in [0.1, 0.15) is 23.3 Å². The zero-order valence-corrected chi connectivity index (χ0v) is 10.4. The Morgan fingerprint density at radius 1 is 1.42 bits per heavy atom. The van der Waals surface area contributed by atoms with E-state index in [1.165, 1.54) is 0 Å². The van der Waals surface area contributed by atoms with Gasteiger partial charge in [-0.05, 0) is 18.9 Å². The van der Waals surface area contributed by atoms with E-state index in [1.807, 2.05) is 24.3 Å². The van der Waals surface area contributed by atoms with Gasteiger partial charge in [-0.15, -0.1) is 0 Å². The fourth-order valence-corrected chi connectivity index (χ4v) is 3.14. The molecule has 3 atom stereocenters. The lowest BCUT2D eigenvalue weighted by Crippen LogP contribution is -2.53. The minimum atomic E-state index is -0.0900. The monoisotopic (exact) mass is 257 g/mol. The zero-order valence-electron chi connectivity index (χ0n) is 10.4. The Labute approximate surface area is 110 Å². The number of nitrogens with zero attached hydrogens (tertiary/aromatic N) is 1. The van der Waals surface area contributed by atoms with Crippen LogP contribution >= 0.6 is 0 Å². The number of amides is 1. The van der Waals surface area contributed by atoms with Gasteiger partial charge in [-0.2, -0.15) is 5.10 Å². The Kier molecular flexibility index (Phi) is 2.35. The SMILES string of the molecule is O=C(N[C@H]1C[C@@H]2OCC[C@H]12)c1n[nH]c2ccccc12. The first kappa shape index (κ1) is 11.0. The van der Waals surface area contributed by atoms with Gasteiger partial charge in [-0.1, -0.05) is 18.2 Å². The molecule has 1 aromatic heterocycles. The molecule has 1 saturated heterocycles. The lowest BCUT2D eigenvalue weighted by Gasteiger charge is -2.39. The van der Waals surface area contributed by atoms with Crippen LogP contribution in [0.2, 0.25) is 0 Å². The maximum atomic E-state index is 12.3. The number of aromatic nitrogens is 2. The number of nitrogens with one attached hydrogen (secondary N) is 2. The normalized spacial score (nSPS) is 28.9. The summed E-state index contributed by atoms with van der Waals surface area (Å²) in [4.78, 5) is 12.3. The second-order valence-corrected chi connectivity index (χ2v) is 5.30. The van der Waals surface area contributed by atoms with Gasteiger partial charge in [-0.25, -0.2) is 0 Å². The second kappa shape index (κ2) is 4.06. The Balaban J connectivity index is 1.54. The number of fused-ring (bicyclic) bond motifs is 2. The number of hydrogen-bond donors (Lipinski definition) is 2. The van der Waals surface area contributed by atoms with E-state index in [9.17, 15) is 4.79 Å². The molecule has 98 valence electrons. The van der Waals surface area contributed by atoms with E-state index in [2.05, 4.69) is 15.5 Å². The average Bonchev–Trinajstić information content (AvgIpc) is 2.99. The summed E-state index contributed by atoms with van der Waals surface area (Å²) in [6.45, 7) is 0.826. The Hall–Kier alpha value is -1.88. The van der Waals surface area contributed by atoms with Gasteiger partial charge >= 0.3 is 0 Å². The molecule has 0 bridgehead atoms. The van der Waals surface area contributed by atoms with Gasteiger partial charge in [0.25, 0.3) is 5.91 Å². The molecular formula is C14H15N3O2. The summed E-state index contributed by atoms with van der Waals surface area (Å²) >= 11 is 0.